The number of hydrogen-bond acceptors (Lipinski definition) is 4. The van der Waals surface area contributed by atoms with Crippen LogP contribution in [0.25, 0.3) is 0 Å². The maximum Gasteiger partial charge on any atom is 0.424 e. The second-order valence-corrected chi connectivity index (χ2v) is 6.85. The first-order valence-corrected chi connectivity index (χ1v) is 8.39. The highest BCUT2D eigenvalue weighted by molar-refractivity contribution is 5.89. The molecule has 0 saturated carbocycles. The van der Waals surface area contributed by atoms with Gasteiger partial charge in [0.2, 0.25) is 17.4 Å². The summed E-state index contributed by atoms with van der Waals surface area (Å²) in [5.74, 6) is -1.63. The van der Waals surface area contributed by atoms with Crippen molar-refractivity contribution in [2.24, 2.45) is 5.92 Å². The molecule has 1 aromatic rings. The number of hydrogen-bond donors (Lipinski definition) is 2. The number of amides is 2. The molecular formula is C17H23F3N2O4. The third-order valence-electron chi connectivity index (χ3n) is 4.56. The Morgan fingerprint density at radius 2 is 2.08 bits per heavy atom. The summed E-state index contributed by atoms with van der Waals surface area (Å²) in [4.78, 5) is 25.5. The average molecular weight is 376 g/mol. The minimum absolute atomic E-state index is 0.0327. The van der Waals surface area contributed by atoms with Gasteiger partial charge in [-0.3, -0.25) is 9.59 Å². The Balaban J connectivity index is 1.98. The van der Waals surface area contributed by atoms with Crippen molar-refractivity contribution >= 4 is 11.8 Å². The Kier molecular flexibility index (Phi) is 5.70. The second kappa shape index (κ2) is 7.30. The third-order valence-corrected chi connectivity index (χ3v) is 4.56. The van der Waals surface area contributed by atoms with Crippen LogP contribution in [0.5, 0.6) is 0 Å². The van der Waals surface area contributed by atoms with Gasteiger partial charge in [0.05, 0.1) is 5.92 Å². The lowest BCUT2D eigenvalue weighted by Gasteiger charge is -2.28. The van der Waals surface area contributed by atoms with Crippen LogP contribution in [-0.4, -0.2) is 47.1 Å². The number of aliphatic hydroxyl groups is 1. The van der Waals surface area contributed by atoms with E-state index in [4.69, 9.17) is 4.42 Å². The normalized spacial score (nSPS) is 20.5. The van der Waals surface area contributed by atoms with Crippen LogP contribution < -0.4 is 5.32 Å². The summed E-state index contributed by atoms with van der Waals surface area (Å²) < 4.78 is 45.0. The SMILES string of the molecule is Cc1ccc([C@@](O)(CCNC(=O)[C@H]2CC(=O)N(C(C)C)C2)C(F)(F)F)o1. The van der Waals surface area contributed by atoms with Gasteiger partial charge in [0, 0.05) is 32.0 Å². The smallest absolute Gasteiger partial charge is 0.424 e. The van der Waals surface area contributed by atoms with Crippen LogP contribution >= 0.6 is 0 Å². The number of alkyl halides is 3. The summed E-state index contributed by atoms with van der Waals surface area (Å²) in [7, 11) is 0. The minimum atomic E-state index is -4.96. The highest BCUT2D eigenvalue weighted by atomic mass is 19.4. The number of rotatable bonds is 6. The Bertz CT molecular complexity index is 671. The number of furan rings is 1. The number of carbonyl (C=O) groups is 2. The molecule has 146 valence electrons. The number of halogens is 3. The predicted molar refractivity (Wildman–Crippen MR) is 86.0 cm³/mol. The van der Waals surface area contributed by atoms with E-state index in [-0.39, 0.29) is 30.7 Å². The second-order valence-electron chi connectivity index (χ2n) is 6.85. The number of nitrogens with one attached hydrogen (secondary N) is 1. The largest absolute Gasteiger partial charge is 0.463 e. The summed E-state index contributed by atoms with van der Waals surface area (Å²) in [6.07, 6.45) is -5.71. The van der Waals surface area contributed by atoms with Gasteiger partial charge in [-0.15, -0.1) is 0 Å². The fraction of sp³-hybridized carbons (Fsp3) is 0.647. The molecule has 9 heteroatoms. The van der Waals surface area contributed by atoms with Crippen molar-refractivity contribution in [3.8, 4) is 0 Å². The number of carbonyl (C=O) groups excluding carboxylic acids is 2. The van der Waals surface area contributed by atoms with Gasteiger partial charge < -0.3 is 19.7 Å². The zero-order valence-electron chi connectivity index (χ0n) is 14.9. The van der Waals surface area contributed by atoms with E-state index in [0.29, 0.717) is 0 Å². The van der Waals surface area contributed by atoms with Crippen LogP contribution in [0.1, 0.15) is 38.2 Å². The standard InChI is InChI=1S/C17H23F3N2O4/c1-10(2)22-9-12(8-14(22)23)15(24)21-7-6-16(25,17(18,19)20)13-5-4-11(3)26-13/h4-5,10,12,25H,6-9H2,1-3H3,(H,21,24)/t12-,16-/m0/s1. The van der Waals surface area contributed by atoms with E-state index in [1.165, 1.54) is 13.0 Å². The topological polar surface area (TPSA) is 82.8 Å². The minimum Gasteiger partial charge on any atom is -0.463 e. The molecule has 1 aromatic heterocycles. The molecule has 2 N–H and O–H groups in total. The molecule has 2 atom stereocenters. The lowest BCUT2D eigenvalue weighted by Crippen LogP contribution is -2.45. The molecule has 2 rings (SSSR count). The highest BCUT2D eigenvalue weighted by Gasteiger charge is 2.56. The van der Waals surface area contributed by atoms with Crippen molar-refractivity contribution in [3.63, 3.8) is 0 Å². The number of aryl methyl sites for hydroxylation is 1. The maximum absolute atomic E-state index is 13.3. The van der Waals surface area contributed by atoms with E-state index < -0.39 is 42.3 Å². The van der Waals surface area contributed by atoms with E-state index in [9.17, 15) is 27.9 Å². The van der Waals surface area contributed by atoms with E-state index in [2.05, 4.69) is 5.32 Å². The monoisotopic (exact) mass is 376 g/mol. The lowest BCUT2D eigenvalue weighted by atomic mass is 9.95. The van der Waals surface area contributed by atoms with Crippen molar-refractivity contribution < 1.29 is 32.3 Å². The first-order valence-electron chi connectivity index (χ1n) is 8.39. The van der Waals surface area contributed by atoms with Gasteiger partial charge in [-0.1, -0.05) is 0 Å². The zero-order valence-corrected chi connectivity index (χ0v) is 14.9. The van der Waals surface area contributed by atoms with Crippen molar-refractivity contribution in [1.82, 2.24) is 10.2 Å². The van der Waals surface area contributed by atoms with Crippen molar-refractivity contribution in [1.29, 1.82) is 0 Å². The van der Waals surface area contributed by atoms with Crippen LogP contribution in [-0.2, 0) is 15.2 Å². The molecule has 0 aliphatic carbocycles. The molecule has 1 aliphatic rings. The molecule has 2 heterocycles. The Hall–Kier alpha value is -2.03. The molecule has 0 radical (unpaired) electrons. The van der Waals surface area contributed by atoms with E-state index in [0.717, 1.165) is 6.07 Å². The predicted octanol–water partition coefficient (Wildman–Crippen LogP) is 2.10. The zero-order chi connectivity index (χ0) is 19.7. The molecule has 1 saturated heterocycles. The van der Waals surface area contributed by atoms with Gasteiger partial charge in [0.15, 0.2) is 0 Å². The van der Waals surface area contributed by atoms with E-state index >= 15 is 0 Å². The van der Waals surface area contributed by atoms with Gasteiger partial charge >= 0.3 is 6.18 Å². The molecule has 1 aliphatic heterocycles. The fourth-order valence-corrected chi connectivity index (χ4v) is 2.98. The van der Waals surface area contributed by atoms with Gasteiger partial charge in [0.25, 0.3) is 0 Å². The maximum atomic E-state index is 13.3. The molecule has 0 spiro atoms. The molecule has 6 nitrogen and oxygen atoms in total. The first-order chi connectivity index (χ1) is 12.0. The van der Waals surface area contributed by atoms with Gasteiger partial charge in [-0.25, -0.2) is 0 Å². The van der Waals surface area contributed by atoms with E-state index in [1.807, 2.05) is 13.8 Å². The summed E-state index contributed by atoms with van der Waals surface area (Å²) in [5.41, 5.74) is -3.19. The van der Waals surface area contributed by atoms with Gasteiger partial charge in [-0.2, -0.15) is 13.2 Å². The lowest BCUT2D eigenvalue weighted by molar-refractivity contribution is -0.274. The molecule has 0 unspecified atom stereocenters. The summed E-state index contributed by atoms with van der Waals surface area (Å²) >= 11 is 0. The Morgan fingerprint density at radius 3 is 2.54 bits per heavy atom. The van der Waals surface area contributed by atoms with Crippen LogP contribution in [0, 0.1) is 12.8 Å². The van der Waals surface area contributed by atoms with Crippen LogP contribution in [0.3, 0.4) is 0 Å². The Morgan fingerprint density at radius 1 is 1.42 bits per heavy atom. The highest BCUT2D eigenvalue weighted by Crippen LogP contribution is 2.42. The van der Waals surface area contributed by atoms with Crippen molar-refractivity contribution in [3.05, 3.63) is 23.7 Å². The van der Waals surface area contributed by atoms with Crippen LogP contribution in [0.2, 0.25) is 0 Å². The fourth-order valence-electron chi connectivity index (χ4n) is 2.98. The number of likely N-dealkylation sites (tertiary alicyclic amines) is 1. The van der Waals surface area contributed by atoms with Crippen molar-refractivity contribution in [2.75, 3.05) is 13.1 Å². The first kappa shape index (κ1) is 20.3. The summed E-state index contributed by atoms with van der Waals surface area (Å²) in [5, 5.41) is 12.5. The third kappa shape index (κ3) is 4.03. The summed E-state index contributed by atoms with van der Waals surface area (Å²) in [6, 6.07) is 2.36. The molecule has 26 heavy (non-hydrogen) atoms. The van der Waals surface area contributed by atoms with Crippen LogP contribution in [0.4, 0.5) is 13.2 Å². The summed E-state index contributed by atoms with van der Waals surface area (Å²) in [6.45, 7) is 4.96. The molecule has 2 amide bonds. The quantitative estimate of drug-likeness (QED) is 0.797. The van der Waals surface area contributed by atoms with Crippen LogP contribution in [0.15, 0.2) is 16.5 Å². The van der Waals surface area contributed by atoms with Gasteiger partial charge in [0.1, 0.15) is 11.5 Å². The van der Waals surface area contributed by atoms with Crippen molar-refractivity contribution in [2.45, 2.75) is 51.4 Å². The van der Waals surface area contributed by atoms with E-state index in [1.54, 1.807) is 4.90 Å². The molecule has 1 fully saturated rings. The molecule has 0 bridgehead atoms. The average Bonchev–Trinajstić information content (AvgIpc) is 3.12. The molecular weight excluding hydrogens is 353 g/mol. The Labute approximate surface area is 149 Å². The molecule has 0 aromatic carbocycles. The van der Waals surface area contributed by atoms with Gasteiger partial charge in [-0.05, 0) is 32.9 Å². The number of nitrogens with zero attached hydrogens (tertiary/aromatic N) is 1.